The van der Waals surface area contributed by atoms with Crippen LogP contribution in [0.4, 0.5) is 4.79 Å². The number of nitrogens with zero attached hydrogens (tertiary/aromatic N) is 1. The lowest BCUT2D eigenvalue weighted by Gasteiger charge is -2.27. The van der Waals surface area contributed by atoms with Gasteiger partial charge in [0.15, 0.2) is 0 Å². The van der Waals surface area contributed by atoms with Crippen LogP contribution in [-0.2, 0) is 27.4 Å². The molecule has 2 aromatic rings. The van der Waals surface area contributed by atoms with E-state index in [1.165, 1.54) is 25.7 Å². The first-order chi connectivity index (χ1) is 20.0. The van der Waals surface area contributed by atoms with Crippen LogP contribution in [0.1, 0.15) is 82.3 Å². The third-order valence-electron chi connectivity index (χ3n) is 7.76. The topological polar surface area (TPSA) is 134 Å². The zero-order valence-electron chi connectivity index (χ0n) is 24.8. The molecule has 1 atom stereocenters. The molecule has 0 aliphatic heterocycles. The molecule has 42 heavy (non-hydrogen) atoms. The van der Waals surface area contributed by atoms with E-state index < -0.39 is 12.2 Å². The summed E-state index contributed by atoms with van der Waals surface area (Å²) in [4.78, 5) is 42.3. The van der Waals surface area contributed by atoms with Crippen LogP contribution in [0.2, 0.25) is 0 Å². The third kappa shape index (κ3) is 12.8. The van der Waals surface area contributed by atoms with Gasteiger partial charge < -0.3 is 38.2 Å². The Balaban J connectivity index is 0.00000616. The summed E-state index contributed by atoms with van der Waals surface area (Å²) in [5.41, 5.74) is 5.67. The number of amides is 2. The number of benzene rings is 1. The lowest BCUT2D eigenvalue weighted by atomic mass is 9.81. The summed E-state index contributed by atoms with van der Waals surface area (Å²) in [5, 5.41) is 6.07. The first-order valence-electron chi connectivity index (χ1n) is 15.2. The molecule has 1 saturated carbocycles. The number of halogens is 1. The fourth-order valence-corrected chi connectivity index (χ4v) is 5.13. The summed E-state index contributed by atoms with van der Waals surface area (Å²) < 4.78 is 10.4. The Morgan fingerprint density at radius 2 is 1.60 bits per heavy atom. The molecule has 2 amide bonds. The highest BCUT2D eigenvalue weighted by Gasteiger charge is 2.29. The highest BCUT2D eigenvalue weighted by molar-refractivity contribution is 5.88. The van der Waals surface area contributed by atoms with Crippen molar-refractivity contribution in [1.29, 1.82) is 0 Å². The maximum atomic E-state index is 13.2. The van der Waals surface area contributed by atoms with Crippen molar-refractivity contribution in [2.24, 2.45) is 11.8 Å². The molecule has 0 radical (unpaired) electrons. The quantitative estimate of drug-likeness (QED) is 0.151. The standard InChI is InChI=1S/C32H46N4O5.ClH/c1-2-3-4-5-6-7-18-35-31(38)29(36-30(37)27-12-8-25(22-33)9-13-27)21-24-10-14-28(15-11-24)41-32(39)40-23-26-16-19-34-20-17-26;/h10-11,14-17,19-20,25,27,29H,2-9,12-13,18,21-23,33H2,1H3,(H,35,38)(H,36,37);1H/t25?,27?,29-;/m0./s1. The van der Waals surface area contributed by atoms with Crippen LogP contribution < -0.4 is 33.5 Å². The Labute approximate surface area is 256 Å². The number of aromatic nitrogens is 1. The van der Waals surface area contributed by atoms with E-state index in [4.69, 9.17) is 9.47 Å². The minimum Gasteiger partial charge on any atom is -1.00 e. The summed E-state index contributed by atoms with van der Waals surface area (Å²) in [6.07, 6.45) is 13.3. The lowest BCUT2D eigenvalue weighted by Crippen LogP contribution is -3.00. The SMILES string of the molecule is CCCCCCCCNC(=O)[C@H](Cc1ccc(OC(=O)OCc2ccncc2)cc1)NC(=O)C1CCC(C[NH3+])CC1.[Cl-]. The van der Waals surface area contributed by atoms with Gasteiger partial charge in [0.25, 0.3) is 0 Å². The van der Waals surface area contributed by atoms with Gasteiger partial charge in [0, 0.05) is 37.2 Å². The monoisotopic (exact) mass is 602 g/mol. The van der Waals surface area contributed by atoms with Gasteiger partial charge in [-0.25, -0.2) is 4.79 Å². The van der Waals surface area contributed by atoms with Gasteiger partial charge in [-0.05, 0) is 67.5 Å². The second-order valence-electron chi connectivity index (χ2n) is 11.0. The molecule has 5 N–H and O–H groups in total. The fourth-order valence-electron chi connectivity index (χ4n) is 5.13. The molecule has 1 aromatic heterocycles. The van der Waals surface area contributed by atoms with Gasteiger partial charge in [-0.2, -0.15) is 0 Å². The number of carbonyl (C=O) groups is 3. The molecule has 1 aliphatic carbocycles. The average Bonchev–Trinajstić information content (AvgIpc) is 3.00. The van der Waals surface area contributed by atoms with Crippen molar-refractivity contribution in [1.82, 2.24) is 15.6 Å². The Kier molecular flexibility index (Phi) is 16.6. The summed E-state index contributed by atoms with van der Waals surface area (Å²) in [7, 11) is 0. The molecular formula is C32H47ClN4O5. The molecule has 0 spiro atoms. The van der Waals surface area contributed by atoms with E-state index in [2.05, 4.69) is 28.3 Å². The number of quaternary nitrogens is 1. The largest absolute Gasteiger partial charge is 1.00 e. The van der Waals surface area contributed by atoms with Gasteiger partial charge in [-0.3, -0.25) is 14.6 Å². The Hall–Kier alpha value is -3.17. The highest BCUT2D eigenvalue weighted by atomic mass is 35.5. The van der Waals surface area contributed by atoms with Crippen molar-refractivity contribution in [3.63, 3.8) is 0 Å². The molecule has 9 nitrogen and oxygen atoms in total. The van der Waals surface area contributed by atoms with Crippen LogP contribution in [0.5, 0.6) is 5.75 Å². The number of carbonyl (C=O) groups excluding carboxylic acids is 3. The van der Waals surface area contributed by atoms with E-state index in [0.717, 1.165) is 56.2 Å². The van der Waals surface area contributed by atoms with Gasteiger partial charge in [-0.15, -0.1) is 0 Å². The number of hydrogen-bond acceptors (Lipinski definition) is 6. The summed E-state index contributed by atoms with van der Waals surface area (Å²) in [5.74, 6) is 0.635. The van der Waals surface area contributed by atoms with E-state index in [0.29, 0.717) is 24.6 Å². The number of rotatable bonds is 16. The number of ether oxygens (including phenoxy) is 2. The predicted molar refractivity (Wildman–Crippen MR) is 157 cm³/mol. The second-order valence-corrected chi connectivity index (χ2v) is 11.0. The Bertz CT molecular complexity index is 1060. The number of pyridine rings is 1. The summed E-state index contributed by atoms with van der Waals surface area (Å²) >= 11 is 0. The van der Waals surface area contributed by atoms with Crippen molar-refractivity contribution < 1.29 is 42.0 Å². The second kappa shape index (κ2) is 19.9. The van der Waals surface area contributed by atoms with Crippen molar-refractivity contribution >= 4 is 18.0 Å². The molecule has 1 aromatic carbocycles. The fraction of sp³-hybridized carbons (Fsp3) is 0.562. The van der Waals surface area contributed by atoms with Crippen LogP contribution >= 0.6 is 0 Å². The molecule has 1 fully saturated rings. The molecule has 3 rings (SSSR count). The van der Waals surface area contributed by atoms with Crippen LogP contribution in [-0.4, -0.2) is 42.1 Å². The number of nitrogens with one attached hydrogen (secondary N) is 2. The maximum absolute atomic E-state index is 13.2. The number of unbranched alkanes of at least 4 members (excludes halogenated alkanes) is 5. The van der Waals surface area contributed by atoms with Gasteiger partial charge in [0.2, 0.25) is 11.8 Å². The van der Waals surface area contributed by atoms with Crippen LogP contribution in [0.3, 0.4) is 0 Å². The minimum absolute atomic E-state index is 0. The molecule has 1 heterocycles. The normalized spacial score (nSPS) is 16.9. The van der Waals surface area contributed by atoms with E-state index in [9.17, 15) is 14.4 Å². The summed E-state index contributed by atoms with van der Waals surface area (Å²) in [6, 6.07) is 9.76. The smallest absolute Gasteiger partial charge is 0.514 e. The first-order valence-corrected chi connectivity index (χ1v) is 15.2. The molecule has 1 aliphatic rings. The van der Waals surface area contributed by atoms with E-state index >= 15 is 0 Å². The first kappa shape index (κ1) is 35.0. The molecule has 0 saturated heterocycles. The average molecular weight is 603 g/mol. The lowest BCUT2D eigenvalue weighted by molar-refractivity contribution is -0.380. The minimum atomic E-state index is -0.803. The molecule has 0 unspecified atom stereocenters. The van der Waals surface area contributed by atoms with E-state index in [1.807, 2.05) is 0 Å². The molecular weight excluding hydrogens is 556 g/mol. The van der Waals surface area contributed by atoms with Crippen LogP contribution in [0.15, 0.2) is 48.8 Å². The Morgan fingerprint density at radius 1 is 0.929 bits per heavy atom. The van der Waals surface area contributed by atoms with E-state index in [1.54, 1.807) is 48.8 Å². The van der Waals surface area contributed by atoms with Crippen LogP contribution in [0.25, 0.3) is 0 Å². The molecule has 0 bridgehead atoms. The van der Waals surface area contributed by atoms with Crippen molar-refractivity contribution in [2.75, 3.05) is 13.1 Å². The molecule has 232 valence electrons. The Morgan fingerprint density at radius 3 is 2.26 bits per heavy atom. The van der Waals surface area contributed by atoms with Gasteiger partial charge in [0.05, 0.1) is 6.54 Å². The predicted octanol–water partition coefficient (Wildman–Crippen LogP) is 1.35. The maximum Gasteiger partial charge on any atom is 0.514 e. The zero-order chi connectivity index (χ0) is 29.3. The third-order valence-corrected chi connectivity index (χ3v) is 7.76. The molecule has 10 heteroatoms. The van der Waals surface area contributed by atoms with Crippen LogP contribution in [0, 0.1) is 11.8 Å². The van der Waals surface area contributed by atoms with Crippen molar-refractivity contribution in [3.8, 4) is 5.75 Å². The number of hydrogen-bond donors (Lipinski definition) is 3. The van der Waals surface area contributed by atoms with Gasteiger partial charge >= 0.3 is 6.16 Å². The summed E-state index contributed by atoms with van der Waals surface area (Å²) in [6.45, 7) is 3.78. The van der Waals surface area contributed by atoms with E-state index in [-0.39, 0.29) is 36.7 Å². The highest BCUT2D eigenvalue weighted by Crippen LogP contribution is 2.28. The van der Waals surface area contributed by atoms with Crippen molar-refractivity contribution in [3.05, 3.63) is 59.9 Å². The van der Waals surface area contributed by atoms with Crippen molar-refractivity contribution in [2.45, 2.75) is 90.2 Å². The van der Waals surface area contributed by atoms with Gasteiger partial charge in [0.1, 0.15) is 18.4 Å². The zero-order valence-corrected chi connectivity index (χ0v) is 25.6. The van der Waals surface area contributed by atoms with Gasteiger partial charge in [-0.1, -0.05) is 51.2 Å².